The van der Waals surface area contributed by atoms with Crippen molar-refractivity contribution in [2.24, 2.45) is 5.92 Å². The number of para-hydroxylation sites is 1. The van der Waals surface area contributed by atoms with E-state index in [1.165, 1.54) is 6.07 Å². The molecule has 0 radical (unpaired) electrons. The van der Waals surface area contributed by atoms with E-state index in [0.29, 0.717) is 12.1 Å². The van der Waals surface area contributed by atoms with Crippen LogP contribution in [0.5, 0.6) is 0 Å². The van der Waals surface area contributed by atoms with Gasteiger partial charge in [-0.05, 0) is 36.0 Å². The Morgan fingerprint density at radius 2 is 2.11 bits per heavy atom. The summed E-state index contributed by atoms with van der Waals surface area (Å²) in [5.74, 6) is 0.368. The summed E-state index contributed by atoms with van der Waals surface area (Å²) in [7, 11) is 0. The highest BCUT2D eigenvalue weighted by Gasteiger charge is 2.39. The third kappa shape index (κ3) is 3.15. The van der Waals surface area contributed by atoms with E-state index in [-0.39, 0.29) is 34.4 Å². The summed E-state index contributed by atoms with van der Waals surface area (Å²) < 4.78 is 0. The summed E-state index contributed by atoms with van der Waals surface area (Å²) in [5, 5.41) is 17.7. The highest BCUT2D eigenvalue weighted by molar-refractivity contribution is 6.00. The van der Waals surface area contributed by atoms with Crippen LogP contribution in [0.2, 0.25) is 0 Å². The van der Waals surface area contributed by atoms with Crippen LogP contribution in [0.25, 0.3) is 0 Å². The Hall–Kier alpha value is -3.15. The molecule has 0 fully saturated rings. The average Bonchev–Trinajstić information content (AvgIpc) is 3.21. The highest BCUT2D eigenvalue weighted by Crippen LogP contribution is 2.50. The van der Waals surface area contributed by atoms with Gasteiger partial charge in [-0.3, -0.25) is 14.9 Å². The second-order valence-corrected chi connectivity index (χ2v) is 7.35. The van der Waals surface area contributed by atoms with Crippen molar-refractivity contribution in [3.05, 3.63) is 81.4 Å². The Kier molecular flexibility index (Phi) is 4.86. The van der Waals surface area contributed by atoms with Gasteiger partial charge in [0.15, 0.2) is 0 Å². The number of benzene rings is 2. The van der Waals surface area contributed by atoms with Crippen LogP contribution >= 0.6 is 0 Å². The normalized spacial score (nSPS) is 22.1. The first-order chi connectivity index (χ1) is 13.6. The van der Waals surface area contributed by atoms with Crippen LogP contribution in [0.1, 0.15) is 53.2 Å². The van der Waals surface area contributed by atoms with E-state index in [9.17, 15) is 14.9 Å². The molecule has 1 amide bonds. The molecule has 0 spiro atoms. The number of amides is 1. The van der Waals surface area contributed by atoms with Crippen molar-refractivity contribution in [2.45, 2.75) is 31.7 Å². The Morgan fingerprint density at radius 1 is 1.29 bits per heavy atom. The monoisotopic (exact) mass is 377 g/mol. The molecule has 6 nitrogen and oxygen atoms in total. The number of hydrogen-bond donors (Lipinski definition) is 2. The van der Waals surface area contributed by atoms with Crippen LogP contribution in [0.15, 0.2) is 54.6 Å². The van der Waals surface area contributed by atoms with E-state index in [1.54, 1.807) is 12.1 Å². The van der Waals surface area contributed by atoms with Crippen LogP contribution in [-0.4, -0.2) is 17.4 Å². The molecule has 1 aliphatic heterocycles. The lowest BCUT2D eigenvalue weighted by Gasteiger charge is -2.38. The molecule has 6 heteroatoms. The molecule has 0 saturated carbocycles. The smallest absolute Gasteiger partial charge is 0.269 e. The minimum atomic E-state index is -0.367. The van der Waals surface area contributed by atoms with Gasteiger partial charge >= 0.3 is 0 Å². The SMILES string of the molecule is CCCNC(=O)c1cccc2c1NC(c1cccc([N+](=O)[O-])c1)C1CC=CC21. The lowest BCUT2D eigenvalue weighted by atomic mass is 9.76. The van der Waals surface area contributed by atoms with Gasteiger partial charge < -0.3 is 10.6 Å². The Balaban J connectivity index is 1.76. The van der Waals surface area contributed by atoms with Crippen LogP contribution in [0.4, 0.5) is 11.4 Å². The standard InChI is InChI=1S/C22H23N3O3/c1-2-12-23-22(26)19-11-5-10-18-16-8-4-9-17(16)20(24-21(18)19)14-6-3-7-15(13-14)25(27)28/h3-8,10-11,13,16-17,20,24H,2,9,12H2,1H3,(H,23,26). The second-order valence-electron chi connectivity index (χ2n) is 7.35. The largest absolute Gasteiger partial charge is 0.377 e. The summed E-state index contributed by atoms with van der Waals surface area (Å²) in [4.78, 5) is 23.6. The molecular formula is C22H23N3O3. The van der Waals surface area contributed by atoms with Crippen molar-refractivity contribution < 1.29 is 9.72 Å². The summed E-state index contributed by atoms with van der Waals surface area (Å²) in [6, 6.07) is 12.5. The van der Waals surface area contributed by atoms with Gasteiger partial charge in [-0.15, -0.1) is 0 Å². The number of rotatable bonds is 5. The zero-order chi connectivity index (χ0) is 19.7. The zero-order valence-corrected chi connectivity index (χ0v) is 15.7. The fraction of sp³-hybridized carbons (Fsp3) is 0.318. The number of carbonyl (C=O) groups is 1. The summed E-state index contributed by atoms with van der Waals surface area (Å²) >= 11 is 0. The predicted octanol–water partition coefficient (Wildman–Crippen LogP) is 4.56. The first kappa shape index (κ1) is 18.2. The maximum absolute atomic E-state index is 12.7. The maximum atomic E-state index is 12.7. The topological polar surface area (TPSA) is 84.3 Å². The Morgan fingerprint density at radius 3 is 2.89 bits per heavy atom. The first-order valence-corrected chi connectivity index (χ1v) is 9.68. The molecule has 0 aromatic heterocycles. The van der Waals surface area contributed by atoms with Crippen LogP contribution in [0.3, 0.4) is 0 Å². The molecule has 3 unspecified atom stereocenters. The summed E-state index contributed by atoms with van der Waals surface area (Å²) in [5.41, 5.74) is 3.54. The molecule has 3 atom stereocenters. The van der Waals surface area contributed by atoms with Gasteiger partial charge in [0.2, 0.25) is 0 Å². The van der Waals surface area contributed by atoms with Crippen LogP contribution < -0.4 is 10.6 Å². The van der Waals surface area contributed by atoms with E-state index in [0.717, 1.165) is 29.7 Å². The van der Waals surface area contributed by atoms with Crippen molar-refractivity contribution in [1.29, 1.82) is 0 Å². The number of nitrogens with one attached hydrogen (secondary N) is 2. The summed E-state index contributed by atoms with van der Waals surface area (Å²) in [6.45, 7) is 2.65. The maximum Gasteiger partial charge on any atom is 0.269 e. The number of non-ortho nitro benzene ring substituents is 1. The molecule has 2 N–H and O–H groups in total. The van der Waals surface area contributed by atoms with Gasteiger partial charge in [0, 0.05) is 24.6 Å². The highest BCUT2D eigenvalue weighted by atomic mass is 16.6. The zero-order valence-electron chi connectivity index (χ0n) is 15.7. The predicted molar refractivity (Wildman–Crippen MR) is 109 cm³/mol. The molecule has 2 aromatic carbocycles. The first-order valence-electron chi connectivity index (χ1n) is 9.68. The number of nitro groups is 1. The number of nitrogens with zero attached hydrogens (tertiary/aromatic N) is 1. The van der Waals surface area contributed by atoms with E-state index >= 15 is 0 Å². The van der Waals surface area contributed by atoms with Crippen molar-refractivity contribution in [3.63, 3.8) is 0 Å². The number of anilines is 1. The minimum absolute atomic E-state index is 0.0848. The lowest BCUT2D eigenvalue weighted by Crippen LogP contribution is -2.32. The van der Waals surface area contributed by atoms with E-state index in [4.69, 9.17) is 0 Å². The van der Waals surface area contributed by atoms with Crippen molar-refractivity contribution in [3.8, 4) is 0 Å². The molecule has 1 aliphatic carbocycles. The van der Waals surface area contributed by atoms with Gasteiger partial charge in [-0.2, -0.15) is 0 Å². The number of hydrogen-bond acceptors (Lipinski definition) is 4. The average molecular weight is 377 g/mol. The Labute approximate surface area is 163 Å². The van der Waals surface area contributed by atoms with Crippen molar-refractivity contribution >= 4 is 17.3 Å². The number of allylic oxidation sites excluding steroid dienone is 2. The van der Waals surface area contributed by atoms with Crippen molar-refractivity contribution in [2.75, 3.05) is 11.9 Å². The van der Waals surface area contributed by atoms with E-state index in [2.05, 4.69) is 28.9 Å². The van der Waals surface area contributed by atoms with Gasteiger partial charge in [0.1, 0.15) is 0 Å². The molecule has 0 saturated heterocycles. The van der Waals surface area contributed by atoms with Gasteiger partial charge in [0.25, 0.3) is 11.6 Å². The molecule has 28 heavy (non-hydrogen) atoms. The molecule has 2 aliphatic rings. The molecule has 2 aromatic rings. The van der Waals surface area contributed by atoms with Crippen LogP contribution in [-0.2, 0) is 0 Å². The van der Waals surface area contributed by atoms with E-state index < -0.39 is 0 Å². The molecule has 144 valence electrons. The van der Waals surface area contributed by atoms with Gasteiger partial charge in [-0.1, -0.05) is 43.3 Å². The number of nitro benzene ring substituents is 1. The van der Waals surface area contributed by atoms with Crippen LogP contribution in [0, 0.1) is 16.0 Å². The molecule has 0 bridgehead atoms. The fourth-order valence-electron chi connectivity index (χ4n) is 4.31. The molecular weight excluding hydrogens is 354 g/mol. The van der Waals surface area contributed by atoms with Gasteiger partial charge in [-0.25, -0.2) is 0 Å². The fourth-order valence-corrected chi connectivity index (χ4v) is 4.31. The number of fused-ring (bicyclic) bond motifs is 3. The number of carbonyl (C=O) groups excluding carboxylic acids is 1. The van der Waals surface area contributed by atoms with Gasteiger partial charge in [0.05, 0.1) is 22.2 Å². The summed E-state index contributed by atoms with van der Waals surface area (Å²) in [6.07, 6.45) is 6.14. The van der Waals surface area contributed by atoms with E-state index in [1.807, 2.05) is 25.1 Å². The minimum Gasteiger partial charge on any atom is -0.377 e. The third-order valence-electron chi connectivity index (χ3n) is 5.62. The second kappa shape index (κ2) is 7.46. The lowest BCUT2D eigenvalue weighted by molar-refractivity contribution is -0.384. The molecule has 4 rings (SSSR count). The Bertz CT molecular complexity index is 954. The third-order valence-corrected chi connectivity index (χ3v) is 5.62. The molecule has 1 heterocycles. The quantitative estimate of drug-likeness (QED) is 0.454. The van der Waals surface area contributed by atoms with Crippen molar-refractivity contribution in [1.82, 2.24) is 5.32 Å².